The highest BCUT2D eigenvalue weighted by atomic mass is 35.5. The fraction of sp³-hybridized carbons (Fsp3) is 0.500. The third-order valence-electron chi connectivity index (χ3n) is 2.95. The zero-order valence-electron chi connectivity index (χ0n) is 10.0. The molecule has 9 heteroatoms. The van der Waals surface area contributed by atoms with Gasteiger partial charge in [0.05, 0.1) is 0 Å². The molecule has 0 radical (unpaired) electrons. The number of primary sulfonamides is 1. The van der Waals surface area contributed by atoms with Crippen molar-refractivity contribution in [1.82, 2.24) is 5.32 Å². The van der Waals surface area contributed by atoms with Gasteiger partial charge < -0.3 is 11.1 Å². The summed E-state index contributed by atoms with van der Waals surface area (Å²) < 4.78 is 22.6. The predicted molar refractivity (Wildman–Crippen MR) is 76.0 cm³/mol. The first kappa shape index (κ1) is 16.4. The van der Waals surface area contributed by atoms with Crippen LogP contribution in [0.15, 0.2) is 16.3 Å². The van der Waals surface area contributed by atoms with Gasteiger partial charge in [0.25, 0.3) is 5.91 Å². The van der Waals surface area contributed by atoms with Gasteiger partial charge in [0.2, 0.25) is 10.0 Å². The van der Waals surface area contributed by atoms with E-state index in [-0.39, 0.29) is 34.3 Å². The first-order valence-corrected chi connectivity index (χ1v) is 7.97. The van der Waals surface area contributed by atoms with Crippen LogP contribution in [0.3, 0.4) is 0 Å². The Morgan fingerprint density at radius 1 is 1.42 bits per heavy atom. The second kappa shape index (κ2) is 6.19. The lowest BCUT2D eigenvalue weighted by molar-refractivity contribution is 0.0939. The van der Waals surface area contributed by atoms with Crippen molar-refractivity contribution in [2.24, 2.45) is 10.9 Å². The monoisotopic (exact) mass is 325 g/mol. The number of halogens is 1. The van der Waals surface area contributed by atoms with E-state index in [1.807, 2.05) is 0 Å². The molecule has 1 aliphatic rings. The molecule has 6 nitrogen and oxygen atoms in total. The average Bonchev–Trinajstić information content (AvgIpc) is 2.85. The van der Waals surface area contributed by atoms with Gasteiger partial charge in [0.1, 0.15) is 9.77 Å². The minimum atomic E-state index is -3.85. The van der Waals surface area contributed by atoms with Gasteiger partial charge >= 0.3 is 0 Å². The summed E-state index contributed by atoms with van der Waals surface area (Å²) in [6, 6.07) is 1.47. The Bertz CT molecular complexity index is 558. The Kier molecular flexibility index (Phi) is 5.34. The Labute approximate surface area is 122 Å². The van der Waals surface area contributed by atoms with Gasteiger partial charge in [-0.2, -0.15) is 0 Å². The van der Waals surface area contributed by atoms with Gasteiger partial charge in [-0.05, 0) is 30.7 Å². The maximum absolute atomic E-state index is 12.0. The number of hydrogen-bond acceptors (Lipinski definition) is 5. The van der Waals surface area contributed by atoms with Crippen molar-refractivity contribution in [3.05, 3.63) is 16.3 Å². The molecule has 1 aliphatic carbocycles. The van der Waals surface area contributed by atoms with E-state index < -0.39 is 15.9 Å². The molecule has 1 saturated carbocycles. The summed E-state index contributed by atoms with van der Waals surface area (Å²) in [5.74, 6) is -0.395. The Morgan fingerprint density at radius 2 is 2.11 bits per heavy atom. The maximum atomic E-state index is 12.0. The number of carbonyl (C=O) groups is 1. The Hall–Kier alpha value is -0.670. The van der Waals surface area contributed by atoms with Crippen molar-refractivity contribution < 1.29 is 13.2 Å². The highest BCUT2D eigenvalue weighted by Crippen LogP contribution is 2.22. The average molecular weight is 326 g/mol. The van der Waals surface area contributed by atoms with Crippen LogP contribution in [0.2, 0.25) is 0 Å². The largest absolute Gasteiger partial charge is 0.349 e. The van der Waals surface area contributed by atoms with Gasteiger partial charge in [-0.3, -0.25) is 4.79 Å². The van der Waals surface area contributed by atoms with E-state index in [1.165, 1.54) is 11.4 Å². The van der Waals surface area contributed by atoms with E-state index in [0.717, 1.165) is 30.6 Å². The lowest BCUT2D eigenvalue weighted by Crippen LogP contribution is -2.34. The molecule has 0 spiro atoms. The molecule has 2 atom stereocenters. The van der Waals surface area contributed by atoms with E-state index in [1.54, 1.807) is 0 Å². The van der Waals surface area contributed by atoms with E-state index >= 15 is 0 Å². The van der Waals surface area contributed by atoms with Crippen LogP contribution in [0.5, 0.6) is 0 Å². The highest BCUT2D eigenvalue weighted by molar-refractivity contribution is 7.89. The zero-order valence-corrected chi connectivity index (χ0v) is 12.5. The molecule has 5 N–H and O–H groups in total. The van der Waals surface area contributed by atoms with Crippen molar-refractivity contribution in [2.45, 2.75) is 36.2 Å². The maximum Gasteiger partial charge on any atom is 0.262 e. The lowest BCUT2D eigenvalue weighted by Gasteiger charge is -2.12. The molecule has 1 aromatic rings. The third kappa shape index (κ3) is 3.90. The smallest absolute Gasteiger partial charge is 0.262 e. The van der Waals surface area contributed by atoms with E-state index in [4.69, 9.17) is 10.9 Å². The normalized spacial score (nSPS) is 22.8. The summed E-state index contributed by atoms with van der Waals surface area (Å²) in [6.45, 7) is 0. The van der Waals surface area contributed by atoms with Crippen molar-refractivity contribution in [2.75, 3.05) is 0 Å². The molecule has 1 amide bonds. The fourth-order valence-electron chi connectivity index (χ4n) is 2.09. The lowest BCUT2D eigenvalue weighted by atomic mass is 10.2. The Balaban J connectivity index is 0.00000180. The molecule has 0 unspecified atom stereocenters. The van der Waals surface area contributed by atoms with E-state index in [9.17, 15) is 13.2 Å². The summed E-state index contributed by atoms with van der Waals surface area (Å²) in [5.41, 5.74) is 5.75. The van der Waals surface area contributed by atoms with Gasteiger partial charge in [0, 0.05) is 12.1 Å². The summed E-state index contributed by atoms with van der Waals surface area (Å²) in [7, 11) is -3.85. The van der Waals surface area contributed by atoms with Crippen molar-refractivity contribution in [3.8, 4) is 0 Å². The minimum Gasteiger partial charge on any atom is -0.349 e. The number of thiophene rings is 1. The van der Waals surface area contributed by atoms with Crippen LogP contribution in [0.4, 0.5) is 0 Å². The number of carbonyl (C=O) groups excluding carboxylic acids is 1. The van der Waals surface area contributed by atoms with Gasteiger partial charge in [0.15, 0.2) is 0 Å². The number of hydrogen-bond donors (Lipinski definition) is 3. The molecule has 0 bridgehead atoms. The topological polar surface area (TPSA) is 115 Å². The molecule has 0 aliphatic heterocycles. The first-order chi connectivity index (χ1) is 8.38. The second-order valence-corrected chi connectivity index (χ2v) is 6.85. The molecule has 0 saturated heterocycles. The molecule has 1 heterocycles. The summed E-state index contributed by atoms with van der Waals surface area (Å²) in [4.78, 5) is 12.0. The van der Waals surface area contributed by atoms with Gasteiger partial charge in [-0.15, -0.1) is 23.7 Å². The van der Waals surface area contributed by atoms with Crippen molar-refractivity contribution in [1.29, 1.82) is 0 Å². The standard InChI is InChI=1S/C10H15N3O3S2.ClH/c11-6-1-2-7(5-6)13-10(14)9-8(3-4-17-9)18(12,15)16;/h3-4,6-7H,1-2,5,11H2,(H,13,14)(H2,12,15,16);1H/t6-,7-;/m1./s1. The van der Waals surface area contributed by atoms with Gasteiger partial charge in [-0.25, -0.2) is 13.6 Å². The molecule has 1 fully saturated rings. The third-order valence-corrected chi connectivity index (χ3v) is 4.95. The number of amides is 1. The van der Waals surface area contributed by atoms with Crippen LogP contribution < -0.4 is 16.2 Å². The summed E-state index contributed by atoms with van der Waals surface area (Å²) in [5, 5.41) is 9.38. The van der Waals surface area contributed by atoms with E-state index in [2.05, 4.69) is 5.32 Å². The van der Waals surface area contributed by atoms with Gasteiger partial charge in [-0.1, -0.05) is 0 Å². The number of nitrogens with two attached hydrogens (primary N) is 2. The van der Waals surface area contributed by atoms with Crippen LogP contribution >= 0.6 is 23.7 Å². The first-order valence-electron chi connectivity index (χ1n) is 5.54. The SMILES string of the molecule is Cl.N[C@@H]1CC[C@@H](NC(=O)c2sccc2S(N)(=O)=O)C1. The van der Waals surface area contributed by atoms with Crippen LogP contribution in [0.25, 0.3) is 0 Å². The fourth-order valence-corrected chi connectivity index (χ4v) is 3.96. The molecular formula is C10H16ClN3O3S2. The minimum absolute atomic E-state index is 0. The van der Waals surface area contributed by atoms with Crippen molar-refractivity contribution >= 4 is 39.7 Å². The zero-order chi connectivity index (χ0) is 13.3. The van der Waals surface area contributed by atoms with Crippen LogP contribution in [-0.4, -0.2) is 26.4 Å². The van der Waals surface area contributed by atoms with Crippen molar-refractivity contribution in [3.63, 3.8) is 0 Å². The molecule has 108 valence electrons. The quantitative estimate of drug-likeness (QED) is 0.747. The second-order valence-electron chi connectivity index (χ2n) is 4.40. The van der Waals surface area contributed by atoms with Crippen LogP contribution in [-0.2, 0) is 10.0 Å². The number of nitrogens with one attached hydrogen (secondary N) is 1. The van der Waals surface area contributed by atoms with Crippen LogP contribution in [0.1, 0.15) is 28.9 Å². The molecule has 19 heavy (non-hydrogen) atoms. The van der Waals surface area contributed by atoms with E-state index in [0.29, 0.717) is 0 Å². The highest BCUT2D eigenvalue weighted by Gasteiger charge is 2.26. The molecule has 2 rings (SSSR count). The molecular weight excluding hydrogens is 310 g/mol. The molecule has 0 aromatic carbocycles. The summed E-state index contributed by atoms with van der Waals surface area (Å²) in [6.07, 6.45) is 2.42. The summed E-state index contributed by atoms with van der Waals surface area (Å²) >= 11 is 1.07. The Morgan fingerprint density at radius 3 is 2.63 bits per heavy atom. The number of rotatable bonds is 3. The predicted octanol–water partition coefficient (Wildman–Crippen LogP) is 0.427. The molecule has 1 aromatic heterocycles. The number of sulfonamides is 1. The van der Waals surface area contributed by atoms with Crippen LogP contribution in [0, 0.1) is 0 Å².